The standard InChI is InChI=1S/C10H10ClNO3/c11-7-6-9(12(14)15)10(13)8-4-2-1-3-5-8/h1-5,9H,6-7H2. The third kappa shape index (κ3) is 3.02. The van der Waals surface area contributed by atoms with Gasteiger partial charge in [-0.1, -0.05) is 30.3 Å². The van der Waals surface area contributed by atoms with Gasteiger partial charge in [-0.15, -0.1) is 11.6 Å². The summed E-state index contributed by atoms with van der Waals surface area (Å²) in [6, 6.07) is 6.99. The molecule has 0 N–H and O–H groups in total. The maximum absolute atomic E-state index is 11.7. The topological polar surface area (TPSA) is 60.2 Å². The number of Topliss-reactive ketones (excluding diaryl/α,β-unsaturated/α-hetero) is 1. The molecule has 4 nitrogen and oxygen atoms in total. The van der Waals surface area contributed by atoms with Crippen LogP contribution in [0.3, 0.4) is 0 Å². The molecule has 1 aromatic rings. The van der Waals surface area contributed by atoms with Crippen LogP contribution in [-0.4, -0.2) is 22.6 Å². The number of halogens is 1. The van der Waals surface area contributed by atoms with Crippen LogP contribution in [0, 0.1) is 10.1 Å². The number of carbonyl (C=O) groups is 1. The second-order valence-electron chi connectivity index (χ2n) is 3.01. The van der Waals surface area contributed by atoms with Crippen molar-refractivity contribution in [2.45, 2.75) is 12.5 Å². The molecule has 0 bridgehead atoms. The summed E-state index contributed by atoms with van der Waals surface area (Å²) >= 11 is 5.42. The van der Waals surface area contributed by atoms with Gasteiger partial charge in [-0.2, -0.15) is 0 Å². The van der Waals surface area contributed by atoms with E-state index >= 15 is 0 Å². The Bertz CT molecular complexity index is 353. The lowest BCUT2D eigenvalue weighted by atomic mass is 10.0. The van der Waals surface area contributed by atoms with Crippen molar-refractivity contribution in [2.24, 2.45) is 0 Å². The van der Waals surface area contributed by atoms with Crippen molar-refractivity contribution in [1.29, 1.82) is 0 Å². The number of benzene rings is 1. The molecule has 1 atom stereocenters. The lowest BCUT2D eigenvalue weighted by Crippen LogP contribution is -2.30. The summed E-state index contributed by atoms with van der Waals surface area (Å²) in [6.07, 6.45) is 0.0578. The number of nitro groups is 1. The van der Waals surface area contributed by atoms with Gasteiger partial charge < -0.3 is 0 Å². The van der Waals surface area contributed by atoms with Gasteiger partial charge >= 0.3 is 0 Å². The van der Waals surface area contributed by atoms with Gasteiger partial charge in [0.15, 0.2) is 0 Å². The zero-order valence-electron chi connectivity index (χ0n) is 7.93. The van der Waals surface area contributed by atoms with Crippen LogP contribution in [0.25, 0.3) is 0 Å². The van der Waals surface area contributed by atoms with Gasteiger partial charge in [0, 0.05) is 22.8 Å². The van der Waals surface area contributed by atoms with Gasteiger partial charge in [-0.05, 0) is 0 Å². The largest absolute Gasteiger partial charge is 0.286 e. The Balaban J connectivity index is 2.86. The van der Waals surface area contributed by atoms with E-state index in [1.54, 1.807) is 30.3 Å². The van der Waals surface area contributed by atoms with Crippen molar-refractivity contribution in [3.8, 4) is 0 Å². The van der Waals surface area contributed by atoms with Crippen LogP contribution in [0.2, 0.25) is 0 Å². The Morgan fingerprint density at radius 3 is 2.47 bits per heavy atom. The van der Waals surface area contributed by atoms with Crippen molar-refractivity contribution in [3.05, 3.63) is 46.0 Å². The number of alkyl halides is 1. The van der Waals surface area contributed by atoms with Gasteiger partial charge in [0.1, 0.15) is 0 Å². The van der Waals surface area contributed by atoms with E-state index in [1.807, 2.05) is 0 Å². The number of hydrogen-bond donors (Lipinski definition) is 0. The first-order valence-corrected chi connectivity index (χ1v) is 4.99. The molecule has 15 heavy (non-hydrogen) atoms. The number of carbonyl (C=O) groups excluding carboxylic acids is 1. The van der Waals surface area contributed by atoms with E-state index in [0.29, 0.717) is 5.56 Å². The van der Waals surface area contributed by atoms with Crippen LogP contribution in [-0.2, 0) is 0 Å². The molecule has 0 aliphatic carbocycles. The highest BCUT2D eigenvalue weighted by molar-refractivity contribution is 6.18. The maximum Gasteiger partial charge on any atom is 0.275 e. The number of rotatable bonds is 5. The number of ketones is 1. The molecule has 0 radical (unpaired) electrons. The number of hydrogen-bond acceptors (Lipinski definition) is 3. The summed E-state index contributed by atoms with van der Waals surface area (Å²) in [5.41, 5.74) is 0.351. The van der Waals surface area contributed by atoms with Crippen molar-refractivity contribution in [3.63, 3.8) is 0 Å². The molecular weight excluding hydrogens is 218 g/mol. The van der Waals surface area contributed by atoms with Crippen LogP contribution in [0.1, 0.15) is 16.8 Å². The van der Waals surface area contributed by atoms with Crippen LogP contribution >= 0.6 is 11.6 Å². The van der Waals surface area contributed by atoms with E-state index in [2.05, 4.69) is 0 Å². The molecular formula is C10H10ClNO3. The third-order valence-corrected chi connectivity index (χ3v) is 2.22. The Kier molecular flexibility index (Phi) is 4.24. The first-order valence-electron chi connectivity index (χ1n) is 4.45. The predicted octanol–water partition coefficient (Wildman–Crippen LogP) is 2.14. The van der Waals surface area contributed by atoms with Crippen LogP contribution in [0.4, 0.5) is 0 Å². The van der Waals surface area contributed by atoms with E-state index in [-0.39, 0.29) is 12.3 Å². The van der Waals surface area contributed by atoms with E-state index < -0.39 is 16.7 Å². The Labute approximate surface area is 92.0 Å². The SMILES string of the molecule is O=C(c1ccccc1)C(CCCl)[N+](=O)[O-]. The molecule has 80 valence electrons. The quantitative estimate of drug-likeness (QED) is 0.335. The van der Waals surface area contributed by atoms with E-state index in [0.717, 1.165) is 0 Å². The molecule has 0 amide bonds. The second kappa shape index (κ2) is 5.46. The Morgan fingerprint density at radius 1 is 1.40 bits per heavy atom. The summed E-state index contributed by atoms with van der Waals surface area (Å²) in [5, 5.41) is 10.6. The average molecular weight is 228 g/mol. The van der Waals surface area contributed by atoms with Crippen molar-refractivity contribution in [2.75, 3.05) is 5.88 Å². The van der Waals surface area contributed by atoms with Gasteiger partial charge in [0.05, 0.1) is 0 Å². The summed E-state index contributed by atoms with van der Waals surface area (Å²) in [6.45, 7) is 0. The maximum atomic E-state index is 11.7. The lowest BCUT2D eigenvalue weighted by Gasteiger charge is -2.06. The molecule has 0 aliphatic heterocycles. The highest BCUT2D eigenvalue weighted by atomic mass is 35.5. The fourth-order valence-electron chi connectivity index (χ4n) is 1.23. The lowest BCUT2D eigenvalue weighted by molar-refractivity contribution is -0.505. The molecule has 1 unspecified atom stereocenters. The average Bonchev–Trinajstić information content (AvgIpc) is 2.26. The van der Waals surface area contributed by atoms with E-state index in [9.17, 15) is 14.9 Å². The minimum atomic E-state index is -1.23. The molecule has 0 saturated heterocycles. The van der Waals surface area contributed by atoms with E-state index in [1.165, 1.54) is 0 Å². The summed E-state index contributed by atoms with van der Waals surface area (Å²) in [7, 11) is 0. The molecule has 0 aliphatic rings. The zero-order chi connectivity index (χ0) is 11.3. The fraction of sp³-hybridized carbons (Fsp3) is 0.300. The van der Waals surface area contributed by atoms with Crippen molar-refractivity contribution in [1.82, 2.24) is 0 Å². The van der Waals surface area contributed by atoms with Crippen LogP contribution in [0.5, 0.6) is 0 Å². The second-order valence-corrected chi connectivity index (χ2v) is 3.39. The molecule has 0 fully saturated rings. The summed E-state index contributed by atoms with van der Waals surface area (Å²) in [4.78, 5) is 21.7. The molecule has 0 spiro atoms. The highest BCUT2D eigenvalue weighted by Crippen LogP contribution is 2.09. The van der Waals surface area contributed by atoms with Gasteiger partial charge in [-0.3, -0.25) is 14.9 Å². The normalized spacial score (nSPS) is 12.1. The van der Waals surface area contributed by atoms with Crippen molar-refractivity contribution < 1.29 is 9.72 Å². The van der Waals surface area contributed by atoms with Crippen molar-refractivity contribution >= 4 is 17.4 Å². The molecule has 0 saturated carbocycles. The van der Waals surface area contributed by atoms with E-state index in [4.69, 9.17) is 11.6 Å². The minimum absolute atomic E-state index is 0.0578. The predicted molar refractivity (Wildman–Crippen MR) is 56.9 cm³/mol. The third-order valence-electron chi connectivity index (χ3n) is 2.00. The number of nitrogens with zero attached hydrogens (tertiary/aromatic N) is 1. The first kappa shape index (κ1) is 11.7. The van der Waals surface area contributed by atoms with Crippen LogP contribution in [0.15, 0.2) is 30.3 Å². The van der Waals surface area contributed by atoms with Gasteiger partial charge in [0.25, 0.3) is 6.04 Å². The Hall–Kier alpha value is -1.42. The van der Waals surface area contributed by atoms with Gasteiger partial charge in [0.2, 0.25) is 5.78 Å². The zero-order valence-corrected chi connectivity index (χ0v) is 8.68. The fourth-order valence-corrected chi connectivity index (χ4v) is 1.44. The molecule has 1 rings (SSSR count). The summed E-state index contributed by atoms with van der Waals surface area (Å²) in [5.74, 6) is -0.384. The highest BCUT2D eigenvalue weighted by Gasteiger charge is 2.29. The van der Waals surface area contributed by atoms with Gasteiger partial charge in [-0.25, -0.2) is 0 Å². The first-order chi connectivity index (χ1) is 7.16. The Morgan fingerprint density at radius 2 is 2.00 bits per heavy atom. The smallest absolute Gasteiger partial charge is 0.275 e. The molecule has 0 aromatic heterocycles. The molecule has 0 heterocycles. The molecule has 1 aromatic carbocycles. The van der Waals surface area contributed by atoms with Crippen LogP contribution < -0.4 is 0 Å². The minimum Gasteiger partial charge on any atom is -0.286 e. The monoisotopic (exact) mass is 227 g/mol. The summed E-state index contributed by atoms with van der Waals surface area (Å²) < 4.78 is 0. The molecule has 5 heteroatoms.